The van der Waals surface area contributed by atoms with Gasteiger partial charge in [0.2, 0.25) is 0 Å². The van der Waals surface area contributed by atoms with Crippen molar-refractivity contribution in [3.8, 4) is 0 Å². The van der Waals surface area contributed by atoms with E-state index in [4.69, 9.17) is 17.0 Å². The van der Waals surface area contributed by atoms with E-state index >= 15 is 0 Å². The summed E-state index contributed by atoms with van der Waals surface area (Å²) in [6.07, 6.45) is 5.41. The molecule has 0 atom stereocenters. The van der Waals surface area contributed by atoms with Gasteiger partial charge in [0.05, 0.1) is 12.2 Å². The van der Waals surface area contributed by atoms with E-state index < -0.39 is 0 Å². The lowest BCUT2D eigenvalue weighted by atomic mass is 10.1. The minimum atomic E-state index is -0.249. The van der Waals surface area contributed by atoms with Gasteiger partial charge in [0, 0.05) is 37.6 Å². The normalized spacial score (nSPS) is 16.9. The minimum absolute atomic E-state index is 0.206. The molecule has 2 heterocycles. The monoisotopic (exact) mass is 475 g/mol. The number of esters is 1. The van der Waals surface area contributed by atoms with Crippen LogP contribution in [0, 0.1) is 5.82 Å². The Morgan fingerprint density at radius 3 is 2.56 bits per heavy atom. The first kappa shape index (κ1) is 23.1. The number of nitrogens with one attached hydrogen (secondary N) is 1. The summed E-state index contributed by atoms with van der Waals surface area (Å²) in [5.41, 5.74) is 2.95. The third kappa shape index (κ3) is 5.47. The quantitative estimate of drug-likeness (QED) is 0.379. The number of hydrogen-bond donors (Lipinski definition) is 1. The van der Waals surface area contributed by atoms with Crippen LogP contribution in [0.15, 0.2) is 24.3 Å². The second-order valence-corrected chi connectivity index (χ2v) is 9.80. The Labute approximate surface area is 198 Å². The molecule has 1 fully saturated rings. The topological polar surface area (TPSA) is 44.8 Å². The number of nitrogens with zero attached hydrogens (tertiary/aromatic N) is 2. The average molecular weight is 476 g/mol. The van der Waals surface area contributed by atoms with E-state index in [-0.39, 0.29) is 11.8 Å². The first-order valence-electron chi connectivity index (χ1n) is 11.4. The lowest BCUT2D eigenvalue weighted by Crippen LogP contribution is -2.49. The van der Waals surface area contributed by atoms with Gasteiger partial charge in [0.1, 0.15) is 10.8 Å². The molecule has 172 valence electrons. The van der Waals surface area contributed by atoms with E-state index in [0.29, 0.717) is 17.3 Å². The van der Waals surface area contributed by atoms with Crippen LogP contribution in [0.4, 0.5) is 9.39 Å². The number of anilines is 1. The number of thiocarbonyl (C=S) groups is 1. The number of carbonyl (C=O) groups is 1. The van der Waals surface area contributed by atoms with Crippen LogP contribution in [-0.2, 0) is 24.1 Å². The van der Waals surface area contributed by atoms with Crippen molar-refractivity contribution < 1.29 is 13.9 Å². The van der Waals surface area contributed by atoms with Gasteiger partial charge < -0.3 is 15.0 Å². The summed E-state index contributed by atoms with van der Waals surface area (Å²) in [7, 11) is 0. The van der Waals surface area contributed by atoms with Gasteiger partial charge >= 0.3 is 5.97 Å². The van der Waals surface area contributed by atoms with Gasteiger partial charge in [-0.05, 0) is 68.1 Å². The fourth-order valence-corrected chi connectivity index (χ4v) is 6.01. The number of hydrogen-bond acceptors (Lipinski definition) is 5. The van der Waals surface area contributed by atoms with Crippen molar-refractivity contribution in [2.24, 2.45) is 0 Å². The number of rotatable bonds is 5. The number of fused-ring (bicyclic) bond motifs is 1. The van der Waals surface area contributed by atoms with Gasteiger partial charge in [-0.25, -0.2) is 9.18 Å². The van der Waals surface area contributed by atoms with Gasteiger partial charge in [0.25, 0.3) is 0 Å². The number of thiophene rings is 1. The van der Waals surface area contributed by atoms with Crippen molar-refractivity contribution in [2.45, 2.75) is 45.6 Å². The van der Waals surface area contributed by atoms with E-state index in [1.54, 1.807) is 11.3 Å². The number of halogens is 1. The predicted octanol–water partition coefficient (Wildman–Crippen LogP) is 4.85. The van der Waals surface area contributed by atoms with E-state index in [2.05, 4.69) is 15.1 Å². The van der Waals surface area contributed by atoms with Crippen LogP contribution in [0.3, 0.4) is 0 Å². The second-order valence-electron chi connectivity index (χ2n) is 8.31. The molecule has 0 unspecified atom stereocenters. The zero-order chi connectivity index (χ0) is 22.5. The first-order chi connectivity index (χ1) is 15.5. The van der Waals surface area contributed by atoms with Crippen LogP contribution in [0.5, 0.6) is 0 Å². The molecule has 0 saturated carbocycles. The van der Waals surface area contributed by atoms with Crippen molar-refractivity contribution in [2.75, 3.05) is 38.1 Å². The van der Waals surface area contributed by atoms with E-state index in [1.165, 1.54) is 23.4 Å². The highest BCUT2D eigenvalue weighted by Gasteiger charge is 2.27. The Morgan fingerprint density at radius 1 is 1.12 bits per heavy atom. The Morgan fingerprint density at radius 2 is 1.84 bits per heavy atom. The molecule has 1 aliphatic heterocycles. The maximum Gasteiger partial charge on any atom is 0.341 e. The Balaban J connectivity index is 1.39. The van der Waals surface area contributed by atoms with Crippen molar-refractivity contribution >= 4 is 39.6 Å². The van der Waals surface area contributed by atoms with Crippen LogP contribution in [0.2, 0.25) is 0 Å². The molecule has 1 saturated heterocycles. The molecule has 1 aliphatic carbocycles. The highest BCUT2D eigenvalue weighted by Crippen LogP contribution is 2.38. The molecule has 4 rings (SSSR count). The van der Waals surface area contributed by atoms with Crippen LogP contribution >= 0.6 is 23.6 Å². The molecule has 2 aliphatic rings. The predicted molar refractivity (Wildman–Crippen MR) is 131 cm³/mol. The summed E-state index contributed by atoms with van der Waals surface area (Å²) < 4.78 is 18.5. The molecule has 5 nitrogen and oxygen atoms in total. The SMILES string of the molecule is CCOC(=O)c1c(NC(=S)N2CCN(Cc3ccc(F)cc3)CC2)sc2c1CCCCC2. The molecule has 0 bridgehead atoms. The smallest absolute Gasteiger partial charge is 0.341 e. The molecule has 1 aromatic carbocycles. The van der Waals surface area contributed by atoms with Crippen molar-refractivity contribution in [3.63, 3.8) is 0 Å². The van der Waals surface area contributed by atoms with Crippen LogP contribution in [0.25, 0.3) is 0 Å². The summed E-state index contributed by atoms with van der Waals surface area (Å²) in [6.45, 7) is 6.39. The Bertz CT molecular complexity index is 953. The van der Waals surface area contributed by atoms with Crippen molar-refractivity contribution in [1.82, 2.24) is 9.80 Å². The Hall–Kier alpha value is -2.03. The average Bonchev–Trinajstić information content (AvgIpc) is 2.96. The van der Waals surface area contributed by atoms with Gasteiger partial charge in [0.15, 0.2) is 5.11 Å². The molecular formula is C24H30FN3O2S2. The third-order valence-electron chi connectivity index (χ3n) is 6.10. The number of benzene rings is 1. The summed E-state index contributed by atoms with van der Waals surface area (Å²) in [5, 5.41) is 4.87. The molecule has 1 N–H and O–H groups in total. The highest BCUT2D eigenvalue weighted by atomic mass is 32.1. The fourth-order valence-electron chi connectivity index (χ4n) is 4.38. The van der Waals surface area contributed by atoms with Gasteiger partial charge in [-0.2, -0.15) is 0 Å². The van der Waals surface area contributed by atoms with Crippen LogP contribution in [0.1, 0.15) is 52.5 Å². The Kier molecular flexibility index (Phi) is 7.75. The second kappa shape index (κ2) is 10.7. The summed E-state index contributed by atoms with van der Waals surface area (Å²) >= 11 is 7.38. The maximum atomic E-state index is 13.1. The minimum Gasteiger partial charge on any atom is -0.462 e. The van der Waals surface area contributed by atoms with Gasteiger partial charge in [-0.3, -0.25) is 4.90 Å². The largest absolute Gasteiger partial charge is 0.462 e. The van der Waals surface area contributed by atoms with Crippen molar-refractivity contribution in [3.05, 3.63) is 51.7 Å². The lowest BCUT2D eigenvalue weighted by Gasteiger charge is -2.36. The summed E-state index contributed by atoms with van der Waals surface area (Å²) in [5.74, 6) is -0.454. The molecule has 0 amide bonds. The molecule has 1 aromatic heterocycles. The van der Waals surface area contributed by atoms with Crippen molar-refractivity contribution in [1.29, 1.82) is 0 Å². The number of piperazine rings is 1. The molecule has 0 radical (unpaired) electrons. The zero-order valence-electron chi connectivity index (χ0n) is 18.5. The highest BCUT2D eigenvalue weighted by molar-refractivity contribution is 7.80. The lowest BCUT2D eigenvalue weighted by molar-refractivity contribution is 0.0527. The standard InChI is InChI=1S/C24H30FN3O2S2/c1-2-30-23(29)21-19-6-4-3-5-7-20(19)32-22(21)26-24(31)28-14-12-27(13-15-28)16-17-8-10-18(25)11-9-17/h8-11H,2-7,12-16H2,1H3,(H,26,31). The van der Waals surface area contributed by atoms with E-state index in [1.807, 2.05) is 19.1 Å². The zero-order valence-corrected chi connectivity index (χ0v) is 20.1. The summed E-state index contributed by atoms with van der Waals surface area (Å²) in [4.78, 5) is 18.6. The number of aryl methyl sites for hydroxylation is 1. The first-order valence-corrected chi connectivity index (χ1v) is 12.6. The molecular weight excluding hydrogens is 445 g/mol. The molecule has 0 spiro atoms. The number of ether oxygens (including phenoxy) is 1. The van der Waals surface area contributed by atoms with Gasteiger partial charge in [-0.1, -0.05) is 18.6 Å². The fraction of sp³-hybridized carbons (Fsp3) is 0.500. The summed E-state index contributed by atoms with van der Waals surface area (Å²) in [6, 6.07) is 6.69. The van der Waals surface area contributed by atoms with E-state index in [9.17, 15) is 9.18 Å². The van der Waals surface area contributed by atoms with Crippen LogP contribution < -0.4 is 5.32 Å². The molecule has 32 heavy (non-hydrogen) atoms. The molecule has 8 heteroatoms. The van der Waals surface area contributed by atoms with E-state index in [0.717, 1.165) is 74.5 Å². The molecule has 2 aromatic rings. The maximum absolute atomic E-state index is 13.1. The third-order valence-corrected chi connectivity index (χ3v) is 7.67. The van der Waals surface area contributed by atoms with Gasteiger partial charge in [-0.15, -0.1) is 11.3 Å². The van der Waals surface area contributed by atoms with Crippen LogP contribution in [-0.4, -0.2) is 53.7 Å². The number of carbonyl (C=O) groups excluding carboxylic acids is 1.